The second-order valence-electron chi connectivity index (χ2n) is 12.1. The zero-order valence-corrected chi connectivity index (χ0v) is 36.9. The van der Waals surface area contributed by atoms with Gasteiger partial charge in [0.15, 0.2) is 12.7 Å². The summed E-state index contributed by atoms with van der Waals surface area (Å²) in [5.41, 5.74) is -1.25. The van der Waals surface area contributed by atoms with Crippen molar-refractivity contribution in [2.24, 2.45) is 0 Å². The molecular formula is C41H50O28. The Labute approximate surface area is 390 Å². The Kier molecular flexibility index (Phi) is 39.0. The van der Waals surface area contributed by atoms with Gasteiger partial charge in [-0.1, -0.05) is 46.1 Å². The highest BCUT2D eigenvalue weighted by atomic mass is 16.6. The number of esters is 6. The topological polar surface area (TPSA) is 456 Å². The Morgan fingerprint density at radius 2 is 0.739 bits per heavy atom. The van der Waals surface area contributed by atoms with Crippen molar-refractivity contribution in [3.63, 3.8) is 0 Å². The summed E-state index contributed by atoms with van der Waals surface area (Å²) in [5.74, 6) is -14.7. The molecule has 0 aromatic heterocycles. The van der Waals surface area contributed by atoms with Gasteiger partial charge in [-0.05, 0) is 13.8 Å². The van der Waals surface area contributed by atoms with E-state index in [1.807, 2.05) is 0 Å². The Bertz CT molecular complexity index is 2020. The van der Waals surface area contributed by atoms with E-state index in [4.69, 9.17) is 40.9 Å². The van der Waals surface area contributed by atoms with E-state index in [2.05, 4.69) is 74.5 Å². The minimum absolute atomic E-state index is 0.100. The van der Waals surface area contributed by atoms with Crippen molar-refractivity contribution in [3.05, 3.63) is 85.6 Å². The molecule has 0 amide bonds. The van der Waals surface area contributed by atoms with Crippen LogP contribution in [0.4, 0.5) is 0 Å². The lowest BCUT2D eigenvalue weighted by Gasteiger charge is -2.07. The van der Waals surface area contributed by atoms with Gasteiger partial charge in [0.25, 0.3) is 0 Å². The summed E-state index contributed by atoms with van der Waals surface area (Å²) in [5, 5.41) is 66.0. The summed E-state index contributed by atoms with van der Waals surface area (Å²) < 4.78 is 26.9. The summed E-state index contributed by atoms with van der Waals surface area (Å²) in [4.78, 5) is 146. The average molecular weight is 991 g/mol. The van der Waals surface area contributed by atoms with Gasteiger partial charge in [-0.3, -0.25) is 24.0 Å². The number of carbonyl (C=O) groups excluding carboxylic acids is 6. The van der Waals surface area contributed by atoms with Crippen molar-refractivity contribution in [2.45, 2.75) is 52.1 Å². The van der Waals surface area contributed by atoms with E-state index in [9.17, 15) is 67.1 Å². The van der Waals surface area contributed by atoms with Gasteiger partial charge in [-0.25, -0.2) is 43.2 Å². The van der Waals surface area contributed by atoms with Crippen LogP contribution in [0.2, 0.25) is 0 Å². The van der Waals surface area contributed by atoms with Crippen LogP contribution < -0.4 is 0 Å². The standard InChI is InChI=1S/C11H14O6.C10H12O6.C8H10O6.C7H8O6.C5H6O4/c1-7(2)11(15)17-5-4-16-9(12)6-8(3)10(13)14;1-3-8(11)15-4-5-16-9(12)6-7(2)10(13)14;1-4(7(10)11)3-6(9)14-5(2)8(12)13;1-4(7(11)12)2-6(10)13-3-5(8)9;1-3(5(8)9)2-4(6)7/h1,3-6H2,2H3,(H,13,14);3H,1-2,4-6H2,(H,13,14);5H,1,3H2,2H3,(H,10,11)(H,12,13);1-3H2,(H,8,9)(H,11,12);1-2H2,(H,6,7)(H,8,9). The summed E-state index contributed by atoms with van der Waals surface area (Å²) >= 11 is 0. The van der Waals surface area contributed by atoms with Crippen molar-refractivity contribution < 1.29 is 136 Å². The molecule has 0 aromatic rings. The molecule has 0 saturated heterocycles. The van der Waals surface area contributed by atoms with Crippen molar-refractivity contribution in [1.82, 2.24) is 0 Å². The van der Waals surface area contributed by atoms with Crippen LogP contribution >= 0.6 is 0 Å². The number of carboxylic acid groups (broad SMARTS) is 8. The fraction of sp³-hybridized carbons (Fsp3) is 0.317. The molecule has 0 aliphatic carbocycles. The minimum atomic E-state index is -1.31. The molecule has 0 aliphatic heterocycles. The molecule has 28 heteroatoms. The van der Waals surface area contributed by atoms with Gasteiger partial charge in [-0.2, -0.15) is 0 Å². The van der Waals surface area contributed by atoms with Crippen molar-refractivity contribution in [3.8, 4) is 0 Å². The first kappa shape index (κ1) is 68.8. The first-order chi connectivity index (χ1) is 31.6. The van der Waals surface area contributed by atoms with Gasteiger partial charge < -0.3 is 69.3 Å². The quantitative estimate of drug-likeness (QED) is 0.0244. The number of rotatable bonds is 27. The van der Waals surface area contributed by atoms with Gasteiger partial charge in [0.2, 0.25) is 0 Å². The van der Waals surface area contributed by atoms with Crippen molar-refractivity contribution in [1.29, 1.82) is 0 Å². The molecule has 8 N–H and O–H groups in total. The van der Waals surface area contributed by atoms with Gasteiger partial charge in [-0.15, -0.1) is 0 Å². The highest BCUT2D eigenvalue weighted by molar-refractivity contribution is 5.94. The van der Waals surface area contributed by atoms with E-state index < -0.39 is 128 Å². The number of carbonyl (C=O) groups is 14. The minimum Gasteiger partial charge on any atom is -0.481 e. The molecule has 382 valence electrons. The monoisotopic (exact) mass is 990 g/mol. The highest BCUT2D eigenvalue weighted by Crippen LogP contribution is 2.04. The number of carboxylic acids is 8. The Morgan fingerprint density at radius 3 is 1.01 bits per heavy atom. The highest BCUT2D eigenvalue weighted by Gasteiger charge is 2.19. The Balaban J connectivity index is -0.000000251. The predicted molar refractivity (Wildman–Crippen MR) is 225 cm³/mol. The summed E-state index contributed by atoms with van der Waals surface area (Å²) in [6.07, 6.45) is -2.64. The SMILES string of the molecule is C=C(C)C(=O)OCCOC(=O)CC(=C)C(=O)O.C=C(CC(=O)O)C(=O)O.C=C(CC(=O)OC(C)C(=O)O)C(=O)O.C=C(CC(=O)OCC(=O)O)C(=O)O.C=CC(=O)OCCOC(=O)CC(=C)C(=O)O. The molecule has 1 atom stereocenters. The fourth-order valence-corrected chi connectivity index (χ4v) is 2.61. The first-order valence-corrected chi connectivity index (χ1v) is 18.1. The van der Waals surface area contributed by atoms with Gasteiger partial charge in [0, 0.05) is 39.5 Å². The summed E-state index contributed by atoms with van der Waals surface area (Å²) in [6.45, 7) is 23.5. The maximum Gasteiger partial charge on any atom is 0.344 e. The maximum absolute atomic E-state index is 11.0. The van der Waals surface area contributed by atoms with Crippen LogP contribution in [-0.2, 0) is 95.5 Å². The molecule has 28 nitrogen and oxygen atoms in total. The fourth-order valence-electron chi connectivity index (χ4n) is 2.61. The van der Waals surface area contributed by atoms with Crippen LogP contribution in [0.25, 0.3) is 0 Å². The second kappa shape index (κ2) is 39.2. The van der Waals surface area contributed by atoms with Crippen LogP contribution in [-0.4, -0.2) is 164 Å². The molecule has 0 spiro atoms. The normalized spacial score (nSPS) is 9.48. The predicted octanol–water partition coefficient (Wildman–Crippen LogP) is 0.750. The molecule has 0 fully saturated rings. The molecule has 0 aliphatic rings. The van der Waals surface area contributed by atoms with E-state index >= 15 is 0 Å². The van der Waals surface area contributed by atoms with Gasteiger partial charge >= 0.3 is 83.6 Å². The lowest BCUT2D eigenvalue weighted by atomic mass is 10.2. The lowest BCUT2D eigenvalue weighted by Crippen LogP contribution is -2.24. The number of hydrogen-bond donors (Lipinski definition) is 8. The van der Waals surface area contributed by atoms with Crippen molar-refractivity contribution in [2.75, 3.05) is 33.0 Å². The Morgan fingerprint density at radius 1 is 0.435 bits per heavy atom. The first-order valence-electron chi connectivity index (χ1n) is 18.1. The number of aliphatic carboxylic acids is 8. The third-order valence-electron chi connectivity index (χ3n) is 6.01. The largest absolute Gasteiger partial charge is 0.481 e. The van der Waals surface area contributed by atoms with Crippen molar-refractivity contribution >= 4 is 83.6 Å². The molecule has 0 heterocycles. The summed E-state index contributed by atoms with van der Waals surface area (Å²) in [7, 11) is 0. The number of hydrogen-bond acceptors (Lipinski definition) is 20. The van der Waals surface area contributed by atoms with E-state index in [0.29, 0.717) is 0 Å². The Hall–Kier alpha value is -9.24. The van der Waals surface area contributed by atoms with Gasteiger partial charge in [0.1, 0.15) is 26.4 Å². The van der Waals surface area contributed by atoms with Gasteiger partial charge in [0.05, 0.1) is 32.1 Å². The molecule has 0 aromatic carbocycles. The van der Waals surface area contributed by atoms with E-state index in [1.165, 1.54) is 13.8 Å². The third-order valence-corrected chi connectivity index (χ3v) is 6.01. The average Bonchev–Trinajstić information content (AvgIpc) is 3.23. The third kappa shape index (κ3) is 46.6. The van der Waals surface area contributed by atoms with E-state index in [0.717, 1.165) is 6.08 Å². The van der Waals surface area contributed by atoms with E-state index in [1.54, 1.807) is 0 Å². The van der Waals surface area contributed by atoms with Crippen LogP contribution in [0.5, 0.6) is 0 Å². The summed E-state index contributed by atoms with van der Waals surface area (Å²) in [6, 6.07) is 0. The smallest absolute Gasteiger partial charge is 0.344 e. The zero-order chi connectivity index (χ0) is 55.1. The van der Waals surface area contributed by atoms with E-state index in [-0.39, 0.29) is 59.9 Å². The van der Waals surface area contributed by atoms with Crippen LogP contribution in [0.3, 0.4) is 0 Å². The second-order valence-corrected chi connectivity index (χ2v) is 12.1. The van der Waals surface area contributed by atoms with Crippen LogP contribution in [0, 0.1) is 0 Å². The van der Waals surface area contributed by atoms with Crippen LogP contribution in [0.15, 0.2) is 85.6 Å². The number of ether oxygens (including phenoxy) is 6. The zero-order valence-electron chi connectivity index (χ0n) is 36.9. The van der Waals surface area contributed by atoms with Crippen LogP contribution in [0.1, 0.15) is 46.0 Å². The lowest BCUT2D eigenvalue weighted by molar-refractivity contribution is -0.162. The molecule has 0 rings (SSSR count). The molecule has 0 bridgehead atoms. The molecule has 69 heavy (non-hydrogen) atoms. The molecule has 0 radical (unpaired) electrons. The molecule has 0 saturated carbocycles. The maximum atomic E-state index is 11.0. The molecule has 1 unspecified atom stereocenters. The molecular weight excluding hydrogens is 940 g/mol.